The summed E-state index contributed by atoms with van der Waals surface area (Å²) in [6.07, 6.45) is 1.66. The molecule has 0 spiro atoms. The predicted octanol–water partition coefficient (Wildman–Crippen LogP) is 4.64. The van der Waals surface area contributed by atoms with Gasteiger partial charge in [0.05, 0.1) is 22.5 Å². The van der Waals surface area contributed by atoms with E-state index in [1.54, 1.807) is 42.6 Å². The van der Waals surface area contributed by atoms with Crippen LogP contribution in [0, 0.1) is 5.82 Å². The van der Waals surface area contributed by atoms with Crippen molar-refractivity contribution in [1.82, 2.24) is 4.98 Å². The van der Waals surface area contributed by atoms with Crippen LogP contribution >= 0.6 is 0 Å². The standard InChI is InChI=1S/C24H18FN3O3/c25-18-10-2-3-11-19(18)27-22(29)15-31-21-13-4-1-9-17(21)24(30)28-20-12-5-7-16-8-6-14-26-23(16)20/h1-14H,15H2,(H,27,29)(H,28,30). The zero-order valence-corrected chi connectivity index (χ0v) is 16.3. The van der Waals surface area contributed by atoms with Gasteiger partial charge in [0.25, 0.3) is 11.8 Å². The van der Waals surface area contributed by atoms with Crippen molar-refractivity contribution in [2.24, 2.45) is 0 Å². The molecule has 2 N–H and O–H groups in total. The number of ether oxygens (including phenoxy) is 1. The molecule has 2 amide bonds. The molecule has 31 heavy (non-hydrogen) atoms. The number of nitrogens with one attached hydrogen (secondary N) is 2. The van der Waals surface area contributed by atoms with Gasteiger partial charge in [-0.1, -0.05) is 42.5 Å². The van der Waals surface area contributed by atoms with Gasteiger partial charge < -0.3 is 15.4 Å². The number of carbonyl (C=O) groups is 2. The predicted molar refractivity (Wildman–Crippen MR) is 117 cm³/mol. The third-order valence-corrected chi connectivity index (χ3v) is 4.52. The summed E-state index contributed by atoms with van der Waals surface area (Å²) in [5.74, 6) is -1.25. The number of amides is 2. The van der Waals surface area contributed by atoms with Gasteiger partial charge in [0.1, 0.15) is 11.6 Å². The molecule has 0 saturated carbocycles. The van der Waals surface area contributed by atoms with E-state index in [1.165, 1.54) is 18.2 Å². The highest BCUT2D eigenvalue weighted by atomic mass is 19.1. The minimum atomic E-state index is -0.543. The first-order valence-electron chi connectivity index (χ1n) is 9.53. The zero-order chi connectivity index (χ0) is 21.6. The maximum atomic E-state index is 13.7. The van der Waals surface area contributed by atoms with E-state index in [1.807, 2.05) is 24.3 Å². The largest absolute Gasteiger partial charge is 0.483 e. The van der Waals surface area contributed by atoms with E-state index in [4.69, 9.17) is 4.74 Å². The maximum absolute atomic E-state index is 13.7. The Balaban J connectivity index is 1.47. The van der Waals surface area contributed by atoms with Gasteiger partial charge in [-0.25, -0.2) is 4.39 Å². The van der Waals surface area contributed by atoms with E-state index >= 15 is 0 Å². The molecular formula is C24H18FN3O3. The second kappa shape index (κ2) is 9.04. The first-order valence-corrected chi connectivity index (χ1v) is 9.53. The van der Waals surface area contributed by atoms with Crippen LogP contribution in [-0.4, -0.2) is 23.4 Å². The number of nitrogens with zero attached hydrogens (tertiary/aromatic N) is 1. The molecule has 1 heterocycles. The first kappa shape index (κ1) is 20.0. The highest BCUT2D eigenvalue weighted by molar-refractivity contribution is 6.09. The van der Waals surface area contributed by atoms with Crippen molar-refractivity contribution in [1.29, 1.82) is 0 Å². The minimum Gasteiger partial charge on any atom is -0.483 e. The summed E-state index contributed by atoms with van der Waals surface area (Å²) in [6, 6.07) is 21.6. The third kappa shape index (κ3) is 4.67. The Morgan fingerprint density at radius 2 is 1.58 bits per heavy atom. The number of fused-ring (bicyclic) bond motifs is 1. The van der Waals surface area contributed by atoms with Crippen molar-refractivity contribution >= 4 is 34.1 Å². The van der Waals surface area contributed by atoms with Crippen LogP contribution in [-0.2, 0) is 4.79 Å². The van der Waals surface area contributed by atoms with Crippen LogP contribution in [0.3, 0.4) is 0 Å². The summed E-state index contributed by atoms with van der Waals surface area (Å²) in [4.78, 5) is 29.4. The second-order valence-corrected chi connectivity index (χ2v) is 6.65. The molecule has 4 rings (SSSR count). The molecule has 3 aromatic carbocycles. The fourth-order valence-electron chi connectivity index (χ4n) is 3.07. The van der Waals surface area contributed by atoms with Gasteiger partial charge in [0.2, 0.25) is 0 Å². The van der Waals surface area contributed by atoms with Gasteiger partial charge in [0.15, 0.2) is 6.61 Å². The molecule has 0 aliphatic rings. The van der Waals surface area contributed by atoms with Crippen LogP contribution in [0.2, 0.25) is 0 Å². The molecule has 6 nitrogen and oxygen atoms in total. The Kier molecular flexibility index (Phi) is 5.84. The second-order valence-electron chi connectivity index (χ2n) is 6.65. The van der Waals surface area contributed by atoms with Gasteiger partial charge in [-0.3, -0.25) is 14.6 Å². The number of para-hydroxylation sites is 3. The molecule has 0 aliphatic heterocycles. The molecule has 0 unspecified atom stereocenters. The van der Waals surface area contributed by atoms with Crippen LogP contribution < -0.4 is 15.4 Å². The lowest BCUT2D eigenvalue weighted by Gasteiger charge is -2.13. The fourth-order valence-corrected chi connectivity index (χ4v) is 3.07. The number of anilines is 2. The number of hydrogen-bond donors (Lipinski definition) is 2. The Morgan fingerprint density at radius 3 is 2.45 bits per heavy atom. The van der Waals surface area contributed by atoms with Crippen LogP contribution in [0.1, 0.15) is 10.4 Å². The smallest absolute Gasteiger partial charge is 0.262 e. The Hall–Kier alpha value is -4.26. The summed E-state index contributed by atoms with van der Waals surface area (Å²) >= 11 is 0. The highest BCUT2D eigenvalue weighted by Crippen LogP contribution is 2.24. The minimum absolute atomic E-state index is 0.0607. The fraction of sp³-hybridized carbons (Fsp3) is 0.0417. The van der Waals surface area contributed by atoms with Crippen molar-refractivity contribution in [3.05, 3.63) is 96.4 Å². The summed E-state index contributed by atoms with van der Waals surface area (Å²) < 4.78 is 19.2. The van der Waals surface area contributed by atoms with E-state index in [2.05, 4.69) is 15.6 Å². The SMILES string of the molecule is O=C(COc1ccccc1C(=O)Nc1cccc2cccnc12)Nc1ccccc1F. The maximum Gasteiger partial charge on any atom is 0.262 e. The van der Waals surface area contributed by atoms with Crippen molar-refractivity contribution in [3.8, 4) is 5.75 Å². The van der Waals surface area contributed by atoms with E-state index < -0.39 is 17.6 Å². The quantitative estimate of drug-likeness (QED) is 0.481. The van der Waals surface area contributed by atoms with Crippen LogP contribution in [0.25, 0.3) is 10.9 Å². The third-order valence-electron chi connectivity index (χ3n) is 4.52. The lowest BCUT2D eigenvalue weighted by Crippen LogP contribution is -2.22. The summed E-state index contributed by atoms with van der Waals surface area (Å²) in [5.41, 5.74) is 1.55. The monoisotopic (exact) mass is 415 g/mol. The average molecular weight is 415 g/mol. The van der Waals surface area contributed by atoms with E-state index in [-0.39, 0.29) is 23.6 Å². The molecule has 154 valence electrons. The first-order chi connectivity index (χ1) is 15.1. The lowest BCUT2D eigenvalue weighted by molar-refractivity contribution is -0.118. The summed E-state index contributed by atoms with van der Waals surface area (Å²) in [5, 5.41) is 6.18. The van der Waals surface area contributed by atoms with Gasteiger partial charge in [0, 0.05) is 11.6 Å². The Morgan fingerprint density at radius 1 is 0.839 bits per heavy atom. The van der Waals surface area contributed by atoms with Gasteiger partial charge in [-0.2, -0.15) is 0 Å². The van der Waals surface area contributed by atoms with Gasteiger partial charge in [-0.15, -0.1) is 0 Å². The van der Waals surface area contributed by atoms with E-state index in [0.717, 1.165) is 5.39 Å². The number of aromatic nitrogens is 1. The van der Waals surface area contributed by atoms with Crippen LogP contribution in [0.4, 0.5) is 15.8 Å². The number of benzene rings is 3. The Labute approximate surface area is 177 Å². The van der Waals surface area contributed by atoms with Gasteiger partial charge in [-0.05, 0) is 36.4 Å². The molecule has 0 radical (unpaired) electrons. The molecule has 4 aromatic rings. The molecule has 0 bridgehead atoms. The molecule has 0 aliphatic carbocycles. The van der Waals surface area contributed by atoms with Crippen LogP contribution in [0.15, 0.2) is 85.1 Å². The number of hydrogen-bond acceptors (Lipinski definition) is 4. The summed E-state index contributed by atoms with van der Waals surface area (Å²) in [6.45, 7) is -0.381. The van der Waals surface area contributed by atoms with Crippen molar-refractivity contribution < 1.29 is 18.7 Å². The number of pyridine rings is 1. The number of halogens is 1. The molecule has 0 fully saturated rings. The summed E-state index contributed by atoms with van der Waals surface area (Å²) in [7, 11) is 0. The molecular weight excluding hydrogens is 397 g/mol. The van der Waals surface area contributed by atoms with Crippen molar-refractivity contribution in [2.75, 3.05) is 17.2 Å². The molecule has 0 saturated heterocycles. The lowest BCUT2D eigenvalue weighted by atomic mass is 10.1. The number of rotatable bonds is 6. The molecule has 0 atom stereocenters. The van der Waals surface area contributed by atoms with E-state index in [9.17, 15) is 14.0 Å². The highest BCUT2D eigenvalue weighted by Gasteiger charge is 2.15. The number of carbonyl (C=O) groups excluding carboxylic acids is 2. The van der Waals surface area contributed by atoms with Crippen molar-refractivity contribution in [3.63, 3.8) is 0 Å². The van der Waals surface area contributed by atoms with Gasteiger partial charge >= 0.3 is 0 Å². The molecule has 1 aromatic heterocycles. The topological polar surface area (TPSA) is 80.3 Å². The Bertz CT molecular complexity index is 1250. The normalized spacial score (nSPS) is 10.5. The molecule has 7 heteroatoms. The van der Waals surface area contributed by atoms with Crippen molar-refractivity contribution in [2.45, 2.75) is 0 Å². The van der Waals surface area contributed by atoms with E-state index in [0.29, 0.717) is 11.2 Å². The van der Waals surface area contributed by atoms with Crippen LogP contribution in [0.5, 0.6) is 5.75 Å². The zero-order valence-electron chi connectivity index (χ0n) is 16.3. The average Bonchev–Trinajstić information content (AvgIpc) is 2.80.